The molecule has 2 unspecified atom stereocenters. The molecule has 0 N–H and O–H groups in total. The van der Waals surface area contributed by atoms with Crippen LogP contribution in [-0.2, 0) is 10.8 Å². The monoisotopic (exact) mass is 296 g/mol. The first kappa shape index (κ1) is 13.1. The van der Waals surface area contributed by atoms with E-state index in [1.807, 2.05) is 0 Å². The van der Waals surface area contributed by atoms with Crippen molar-refractivity contribution in [1.29, 1.82) is 0 Å². The fourth-order valence-corrected chi connectivity index (χ4v) is 4.94. The van der Waals surface area contributed by atoms with Gasteiger partial charge in [0.05, 0.1) is 0 Å². The lowest BCUT2D eigenvalue weighted by Crippen LogP contribution is -2.48. The molecule has 3 aromatic rings. The summed E-state index contributed by atoms with van der Waals surface area (Å²) >= 11 is 0. The Bertz CT molecular complexity index is 905. The number of benzene rings is 3. The van der Waals surface area contributed by atoms with Crippen molar-refractivity contribution in [3.63, 3.8) is 0 Å². The first-order valence-corrected chi connectivity index (χ1v) is 8.59. The molecule has 0 nitrogen and oxygen atoms in total. The van der Waals surface area contributed by atoms with Gasteiger partial charge in [0.2, 0.25) is 0 Å². The van der Waals surface area contributed by atoms with Crippen LogP contribution in [0.5, 0.6) is 0 Å². The van der Waals surface area contributed by atoms with Crippen molar-refractivity contribution in [3.05, 3.63) is 96.1 Å². The lowest BCUT2D eigenvalue weighted by atomic mass is 9.52. The van der Waals surface area contributed by atoms with Crippen LogP contribution in [0.1, 0.15) is 30.4 Å². The summed E-state index contributed by atoms with van der Waals surface area (Å²) in [6, 6.07) is 26.9. The maximum atomic E-state index is 2.47. The van der Waals surface area contributed by atoms with Crippen LogP contribution in [0.4, 0.5) is 0 Å². The topological polar surface area (TPSA) is 0 Å². The molecule has 112 valence electrons. The van der Waals surface area contributed by atoms with Gasteiger partial charge in [-0.2, -0.15) is 0 Å². The molecule has 2 aliphatic rings. The van der Waals surface area contributed by atoms with E-state index in [2.05, 4.69) is 84.9 Å². The molecule has 23 heavy (non-hydrogen) atoms. The van der Waals surface area contributed by atoms with Crippen LogP contribution in [0.2, 0.25) is 0 Å². The van der Waals surface area contributed by atoms with Crippen molar-refractivity contribution in [2.45, 2.75) is 30.1 Å². The van der Waals surface area contributed by atoms with E-state index in [1.165, 1.54) is 41.2 Å². The van der Waals surface area contributed by atoms with E-state index in [-0.39, 0.29) is 10.8 Å². The summed E-state index contributed by atoms with van der Waals surface area (Å²) in [6.45, 7) is 0. The minimum absolute atomic E-state index is 0.193. The van der Waals surface area contributed by atoms with Gasteiger partial charge >= 0.3 is 0 Å². The quantitative estimate of drug-likeness (QED) is 0.527. The highest BCUT2D eigenvalue weighted by Gasteiger charge is 2.58. The van der Waals surface area contributed by atoms with Crippen LogP contribution in [0.15, 0.2) is 84.9 Å². The highest BCUT2D eigenvalue weighted by Crippen LogP contribution is 2.63. The maximum absolute atomic E-state index is 2.47. The first-order chi connectivity index (χ1) is 11.3. The maximum Gasteiger partial charge on any atom is 0.0264 e. The van der Waals surface area contributed by atoms with E-state index in [1.54, 1.807) is 0 Å². The van der Waals surface area contributed by atoms with Gasteiger partial charge in [-0.05, 0) is 34.7 Å². The van der Waals surface area contributed by atoms with Crippen LogP contribution >= 0.6 is 0 Å². The molecule has 0 amide bonds. The summed E-state index contributed by atoms with van der Waals surface area (Å²) < 4.78 is 0. The molecule has 0 spiro atoms. The van der Waals surface area contributed by atoms with Crippen molar-refractivity contribution in [2.75, 3.05) is 0 Å². The van der Waals surface area contributed by atoms with Gasteiger partial charge in [-0.25, -0.2) is 0 Å². The zero-order valence-corrected chi connectivity index (χ0v) is 13.2. The fourth-order valence-electron chi connectivity index (χ4n) is 4.94. The average molecular weight is 296 g/mol. The third-order valence-electron chi connectivity index (χ3n) is 6.14. The fraction of sp³-hybridized carbons (Fsp3) is 0.217. The lowest BCUT2D eigenvalue weighted by Gasteiger charge is -2.50. The number of fused-ring (bicyclic) bond motifs is 2. The molecule has 0 aromatic heterocycles. The predicted molar refractivity (Wildman–Crippen MR) is 96.7 cm³/mol. The SMILES string of the molecule is C1=CC2(c3ccc4ccccc4c3)CCCC12c1ccccc1. The second-order valence-electron chi connectivity index (χ2n) is 7.06. The third kappa shape index (κ3) is 1.61. The number of rotatable bonds is 2. The van der Waals surface area contributed by atoms with Crippen molar-refractivity contribution >= 4 is 10.8 Å². The Morgan fingerprint density at radius 3 is 1.96 bits per heavy atom. The number of hydrogen-bond acceptors (Lipinski definition) is 0. The first-order valence-electron chi connectivity index (χ1n) is 8.59. The molecule has 2 aliphatic carbocycles. The van der Waals surface area contributed by atoms with E-state index >= 15 is 0 Å². The zero-order chi connectivity index (χ0) is 15.3. The van der Waals surface area contributed by atoms with Crippen molar-refractivity contribution < 1.29 is 0 Å². The number of allylic oxidation sites excluding steroid dienone is 2. The largest absolute Gasteiger partial charge is 0.0758 e. The summed E-state index contributed by atoms with van der Waals surface area (Å²) in [4.78, 5) is 0. The lowest BCUT2D eigenvalue weighted by molar-refractivity contribution is 0.339. The van der Waals surface area contributed by atoms with E-state index in [9.17, 15) is 0 Å². The van der Waals surface area contributed by atoms with Crippen LogP contribution in [0.25, 0.3) is 10.8 Å². The minimum Gasteiger partial charge on any atom is -0.0758 e. The van der Waals surface area contributed by atoms with E-state index in [0.29, 0.717) is 0 Å². The van der Waals surface area contributed by atoms with Gasteiger partial charge < -0.3 is 0 Å². The van der Waals surface area contributed by atoms with Crippen LogP contribution < -0.4 is 0 Å². The molecule has 1 fully saturated rings. The molecule has 0 saturated heterocycles. The van der Waals surface area contributed by atoms with Crippen LogP contribution in [0, 0.1) is 0 Å². The Balaban J connectivity index is 1.70. The molecule has 0 bridgehead atoms. The van der Waals surface area contributed by atoms with Crippen molar-refractivity contribution in [1.82, 2.24) is 0 Å². The summed E-state index contributed by atoms with van der Waals surface area (Å²) in [5.74, 6) is 0. The Morgan fingerprint density at radius 2 is 1.22 bits per heavy atom. The molecule has 0 heterocycles. The molecule has 0 heteroatoms. The molecule has 5 rings (SSSR count). The molecule has 0 aliphatic heterocycles. The standard InChI is InChI=1S/C23H20/c1-2-9-20(10-3-1)22-13-6-14-23(22,16-15-22)21-12-11-18-7-4-5-8-19(18)17-21/h1-5,7-12,15-17H,6,13-14H2. The Labute approximate surface area is 137 Å². The van der Waals surface area contributed by atoms with E-state index in [0.717, 1.165) is 0 Å². The Kier molecular flexibility index (Phi) is 2.61. The van der Waals surface area contributed by atoms with Gasteiger partial charge in [0, 0.05) is 10.8 Å². The van der Waals surface area contributed by atoms with E-state index in [4.69, 9.17) is 0 Å². The molecule has 2 atom stereocenters. The van der Waals surface area contributed by atoms with E-state index < -0.39 is 0 Å². The molecule has 3 aromatic carbocycles. The van der Waals surface area contributed by atoms with Gasteiger partial charge in [0.1, 0.15) is 0 Å². The second kappa shape index (κ2) is 4.58. The summed E-state index contributed by atoms with van der Waals surface area (Å²) in [5.41, 5.74) is 3.36. The average Bonchev–Trinajstić information content (AvgIpc) is 2.87. The normalized spacial score (nSPS) is 28.5. The minimum atomic E-state index is 0.193. The van der Waals surface area contributed by atoms with Crippen molar-refractivity contribution in [3.8, 4) is 0 Å². The zero-order valence-electron chi connectivity index (χ0n) is 13.2. The van der Waals surface area contributed by atoms with Gasteiger partial charge in [-0.15, -0.1) is 0 Å². The van der Waals surface area contributed by atoms with Gasteiger partial charge in [-0.3, -0.25) is 0 Å². The summed E-state index contributed by atoms with van der Waals surface area (Å²) in [5, 5.41) is 2.69. The van der Waals surface area contributed by atoms with Crippen LogP contribution in [0.3, 0.4) is 0 Å². The summed E-state index contributed by atoms with van der Waals surface area (Å²) in [7, 11) is 0. The third-order valence-corrected chi connectivity index (χ3v) is 6.14. The van der Waals surface area contributed by atoms with Gasteiger partial charge in [0.15, 0.2) is 0 Å². The highest BCUT2D eigenvalue weighted by atomic mass is 14.6. The summed E-state index contributed by atoms with van der Waals surface area (Å²) in [6.07, 6.45) is 8.76. The Hall–Kier alpha value is -2.34. The molecule has 0 radical (unpaired) electrons. The highest BCUT2D eigenvalue weighted by molar-refractivity contribution is 5.83. The molecular formula is C23H20. The van der Waals surface area contributed by atoms with Gasteiger partial charge in [0.25, 0.3) is 0 Å². The second-order valence-corrected chi connectivity index (χ2v) is 7.06. The predicted octanol–water partition coefficient (Wildman–Crippen LogP) is 5.77. The van der Waals surface area contributed by atoms with Crippen molar-refractivity contribution in [2.24, 2.45) is 0 Å². The Morgan fingerprint density at radius 1 is 0.565 bits per heavy atom. The van der Waals surface area contributed by atoms with Gasteiger partial charge in [-0.1, -0.05) is 91.4 Å². The molecule has 1 saturated carbocycles. The smallest absolute Gasteiger partial charge is 0.0264 e. The van der Waals surface area contributed by atoms with Crippen LogP contribution in [-0.4, -0.2) is 0 Å². The number of hydrogen-bond donors (Lipinski definition) is 0. The molecular weight excluding hydrogens is 276 g/mol.